The molecule has 4 fully saturated rings. The number of unbranched alkanes of at least 4 members (excludes halogenated alkanes) is 1. The molecule has 0 spiro atoms. The average Bonchev–Trinajstić information content (AvgIpc) is 3.05. The van der Waals surface area contributed by atoms with Gasteiger partial charge in [-0.15, -0.1) is 11.3 Å². The summed E-state index contributed by atoms with van der Waals surface area (Å²) in [6.07, 6.45) is 13.1. The highest BCUT2D eigenvalue weighted by Crippen LogP contribution is 2.57. The number of rotatable bonds is 8. The zero-order valence-electron chi connectivity index (χ0n) is 15.2. The van der Waals surface area contributed by atoms with Crippen LogP contribution in [-0.4, -0.2) is 23.2 Å². The minimum absolute atomic E-state index is 0.0510. The maximum Gasteiger partial charge on any atom is 0.263 e. The number of nitrogens with zero attached hydrogens (tertiary/aromatic N) is 1. The van der Waals surface area contributed by atoms with Crippen LogP contribution in [0.15, 0.2) is 10.5 Å². The van der Waals surface area contributed by atoms with Crippen molar-refractivity contribution in [2.75, 3.05) is 12.3 Å². The number of carbonyl (C=O) groups excluding carboxylic acids is 1. The molecule has 0 unspecified atom stereocenters. The SMILES string of the molecule is CCSc1ncc(C(=O)NCCCCC2C3CC4CC(C3)CC2C4)s1. The van der Waals surface area contributed by atoms with Gasteiger partial charge in [0.05, 0.1) is 6.20 Å². The molecule has 1 aromatic rings. The molecule has 1 N–H and O–H groups in total. The Morgan fingerprint density at radius 2 is 1.92 bits per heavy atom. The smallest absolute Gasteiger partial charge is 0.263 e. The monoisotopic (exact) mass is 378 g/mol. The number of thioether (sulfide) groups is 1. The van der Waals surface area contributed by atoms with Gasteiger partial charge >= 0.3 is 0 Å². The first kappa shape index (κ1) is 17.8. The number of carbonyl (C=O) groups is 1. The van der Waals surface area contributed by atoms with Crippen LogP contribution in [0.3, 0.4) is 0 Å². The Morgan fingerprint density at radius 3 is 2.60 bits per heavy atom. The Balaban J connectivity index is 1.16. The third kappa shape index (κ3) is 4.08. The number of nitrogens with one attached hydrogen (secondary N) is 1. The highest BCUT2D eigenvalue weighted by molar-refractivity contribution is 8.01. The van der Waals surface area contributed by atoms with Crippen molar-refractivity contribution in [2.24, 2.45) is 29.6 Å². The molecule has 1 amide bonds. The molecule has 3 nitrogen and oxygen atoms in total. The topological polar surface area (TPSA) is 42.0 Å². The molecule has 0 atom stereocenters. The Labute approximate surface area is 159 Å². The zero-order chi connectivity index (χ0) is 17.2. The van der Waals surface area contributed by atoms with Crippen LogP contribution in [0.4, 0.5) is 0 Å². The lowest BCUT2D eigenvalue weighted by Gasteiger charge is -2.54. The molecule has 0 saturated heterocycles. The van der Waals surface area contributed by atoms with Gasteiger partial charge in [0.1, 0.15) is 4.88 Å². The normalized spacial score (nSPS) is 32.9. The Hall–Kier alpha value is -0.550. The van der Waals surface area contributed by atoms with Gasteiger partial charge in [0.25, 0.3) is 5.91 Å². The molecule has 1 heterocycles. The highest BCUT2D eigenvalue weighted by atomic mass is 32.2. The number of hydrogen-bond acceptors (Lipinski definition) is 4. The summed E-state index contributed by atoms with van der Waals surface area (Å²) in [4.78, 5) is 17.2. The van der Waals surface area contributed by atoms with Gasteiger partial charge in [0.2, 0.25) is 0 Å². The lowest BCUT2D eigenvalue weighted by Crippen LogP contribution is -2.45. The van der Waals surface area contributed by atoms with E-state index in [1.165, 1.54) is 49.9 Å². The molecule has 0 aromatic carbocycles. The van der Waals surface area contributed by atoms with Crippen molar-refractivity contribution in [3.8, 4) is 0 Å². The summed E-state index contributed by atoms with van der Waals surface area (Å²) >= 11 is 3.21. The lowest BCUT2D eigenvalue weighted by molar-refractivity contribution is -0.0403. The van der Waals surface area contributed by atoms with Crippen LogP contribution in [0.25, 0.3) is 0 Å². The first-order valence-corrected chi connectivity index (χ1v) is 11.9. The van der Waals surface area contributed by atoms with Crippen molar-refractivity contribution in [2.45, 2.75) is 62.6 Å². The van der Waals surface area contributed by atoms with E-state index in [9.17, 15) is 4.79 Å². The van der Waals surface area contributed by atoms with Crippen LogP contribution in [-0.2, 0) is 0 Å². The summed E-state index contributed by atoms with van der Waals surface area (Å²) in [5.41, 5.74) is 0. The van der Waals surface area contributed by atoms with E-state index in [-0.39, 0.29) is 5.91 Å². The predicted octanol–water partition coefficient (Wildman–Crippen LogP) is 5.23. The van der Waals surface area contributed by atoms with Crippen LogP contribution in [0.5, 0.6) is 0 Å². The van der Waals surface area contributed by atoms with Gasteiger partial charge in [-0.2, -0.15) is 0 Å². The van der Waals surface area contributed by atoms with Crippen LogP contribution in [0.2, 0.25) is 0 Å². The summed E-state index contributed by atoms with van der Waals surface area (Å²) in [6, 6.07) is 0. The molecule has 4 saturated carbocycles. The zero-order valence-corrected chi connectivity index (χ0v) is 16.8. The van der Waals surface area contributed by atoms with Gasteiger partial charge in [0, 0.05) is 6.54 Å². The van der Waals surface area contributed by atoms with Crippen molar-refractivity contribution < 1.29 is 4.79 Å². The summed E-state index contributed by atoms with van der Waals surface area (Å²) in [7, 11) is 0. The molecule has 5 rings (SSSR count). The minimum atomic E-state index is 0.0510. The maximum atomic E-state index is 12.2. The van der Waals surface area contributed by atoms with Gasteiger partial charge in [-0.25, -0.2) is 4.98 Å². The number of thiazole rings is 1. The summed E-state index contributed by atoms with van der Waals surface area (Å²) in [5.74, 6) is 6.28. The third-order valence-corrected chi connectivity index (χ3v) is 8.68. The molecule has 0 radical (unpaired) electrons. The fourth-order valence-electron chi connectivity index (χ4n) is 5.86. The van der Waals surface area contributed by atoms with Crippen molar-refractivity contribution in [3.63, 3.8) is 0 Å². The first-order chi connectivity index (χ1) is 12.2. The van der Waals surface area contributed by atoms with E-state index < -0.39 is 0 Å². The van der Waals surface area contributed by atoms with E-state index in [0.717, 1.165) is 57.5 Å². The quantitative estimate of drug-likeness (QED) is 0.497. The van der Waals surface area contributed by atoms with E-state index >= 15 is 0 Å². The highest BCUT2D eigenvalue weighted by Gasteiger charge is 2.47. The Bertz CT molecular complexity index is 572. The molecular weight excluding hydrogens is 348 g/mol. The predicted molar refractivity (Wildman–Crippen MR) is 105 cm³/mol. The van der Waals surface area contributed by atoms with E-state index in [4.69, 9.17) is 0 Å². The van der Waals surface area contributed by atoms with E-state index in [2.05, 4.69) is 17.2 Å². The molecule has 138 valence electrons. The van der Waals surface area contributed by atoms with Gasteiger partial charge in [-0.05, 0) is 80.3 Å². The summed E-state index contributed by atoms with van der Waals surface area (Å²) in [6.45, 7) is 2.91. The fraction of sp³-hybridized carbons (Fsp3) is 0.800. The first-order valence-electron chi connectivity index (χ1n) is 10.1. The second kappa shape index (κ2) is 7.99. The van der Waals surface area contributed by atoms with Gasteiger partial charge in [-0.1, -0.05) is 25.1 Å². The van der Waals surface area contributed by atoms with Gasteiger partial charge in [-0.3, -0.25) is 4.79 Å². The molecule has 1 aromatic heterocycles. The fourth-order valence-corrected chi connectivity index (χ4v) is 7.65. The average molecular weight is 379 g/mol. The van der Waals surface area contributed by atoms with E-state index in [1.54, 1.807) is 24.4 Å². The molecule has 25 heavy (non-hydrogen) atoms. The molecule has 5 heteroatoms. The van der Waals surface area contributed by atoms with Crippen molar-refractivity contribution in [1.29, 1.82) is 0 Å². The maximum absolute atomic E-state index is 12.2. The Kier molecular flexibility index (Phi) is 5.71. The van der Waals surface area contributed by atoms with E-state index in [0.29, 0.717) is 0 Å². The summed E-state index contributed by atoms with van der Waals surface area (Å²) < 4.78 is 0.995. The third-order valence-electron chi connectivity index (χ3n) is 6.65. The molecule has 0 aliphatic heterocycles. The minimum Gasteiger partial charge on any atom is -0.351 e. The lowest BCUT2D eigenvalue weighted by atomic mass is 9.51. The number of amides is 1. The van der Waals surface area contributed by atoms with Crippen molar-refractivity contribution in [1.82, 2.24) is 10.3 Å². The van der Waals surface area contributed by atoms with Crippen LogP contribution < -0.4 is 5.32 Å². The second-order valence-corrected chi connectivity index (χ2v) is 10.8. The van der Waals surface area contributed by atoms with Crippen LogP contribution >= 0.6 is 23.1 Å². The van der Waals surface area contributed by atoms with Crippen LogP contribution in [0, 0.1) is 29.6 Å². The van der Waals surface area contributed by atoms with Gasteiger partial charge in [0.15, 0.2) is 4.34 Å². The Morgan fingerprint density at radius 1 is 1.20 bits per heavy atom. The molecule has 4 bridgehead atoms. The number of hydrogen-bond donors (Lipinski definition) is 1. The number of aromatic nitrogens is 1. The second-order valence-electron chi connectivity index (χ2n) is 8.27. The van der Waals surface area contributed by atoms with Crippen molar-refractivity contribution in [3.05, 3.63) is 11.1 Å². The van der Waals surface area contributed by atoms with Crippen molar-refractivity contribution >= 4 is 29.0 Å². The largest absolute Gasteiger partial charge is 0.351 e. The van der Waals surface area contributed by atoms with Gasteiger partial charge < -0.3 is 5.32 Å². The molecule has 4 aliphatic rings. The molecular formula is C20H30N2OS2. The van der Waals surface area contributed by atoms with Crippen LogP contribution in [0.1, 0.15) is 68.0 Å². The standard InChI is InChI=1S/C20H30N2OS2/c1-2-24-20-22-12-18(25-20)19(23)21-6-4-3-5-17-15-8-13-7-14(10-15)11-16(17)9-13/h12-17H,2-11H2,1H3,(H,21,23). The summed E-state index contributed by atoms with van der Waals surface area (Å²) in [5, 5.41) is 3.08. The van der Waals surface area contributed by atoms with E-state index in [1.807, 2.05) is 0 Å². The molecule has 4 aliphatic carbocycles.